The van der Waals surface area contributed by atoms with Crippen LogP contribution in [0, 0.1) is 5.92 Å². The summed E-state index contributed by atoms with van der Waals surface area (Å²) in [5.41, 5.74) is 0. The van der Waals surface area contributed by atoms with Crippen molar-refractivity contribution in [3.05, 3.63) is 21.3 Å². The smallest absolute Gasteiger partial charge is 0.321 e. The molecule has 0 aliphatic rings. The fourth-order valence-corrected chi connectivity index (χ4v) is 2.78. The number of thiophene rings is 1. The van der Waals surface area contributed by atoms with Crippen LogP contribution in [-0.4, -0.2) is 29.6 Å². The lowest BCUT2D eigenvalue weighted by molar-refractivity contribution is -0.138. The number of hydrogen-bond donors (Lipinski definition) is 3. The number of carbonyl (C=O) groups excluding carboxylic acids is 2. The molecule has 0 saturated carbocycles. The molecule has 0 bridgehead atoms. The van der Waals surface area contributed by atoms with E-state index >= 15 is 0 Å². The van der Waals surface area contributed by atoms with Gasteiger partial charge < -0.3 is 10.4 Å². The van der Waals surface area contributed by atoms with Crippen molar-refractivity contribution in [2.75, 3.05) is 6.54 Å². The molecule has 0 aromatic carbocycles. The van der Waals surface area contributed by atoms with Gasteiger partial charge in [0.1, 0.15) is 0 Å². The highest BCUT2D eigenvalue weighted by Crippen LogP contribution is 2.21. The second kappa shape index (κ2) is 8.63. The van der Waals surface area contributed by atoms with E-state index in [2.05, 4.69) is 10.6 Å². The molecule has 0 fully saturated rings. The lowest BCUT2D eigenvalue weighted by atomic mass is 10.0. The van der Waals surface area contributed by atoms with Gasteiger partial charge in [-0.25, -0.2) is 4.79 Å². The Morgan fingerprint density at radius 2 is 2.05 bits per heavy atom. The molecule has 1 aromatic heterocycles. The molecule has 21 heavy (non-hydrogen) atoms. The number of carbonyl (C=O) groups is 3. The average molecular weight is 333 g/mol. The van der Waals surface area contributed by atoms with Crippen LogP contribution in [0.5, 0.6) is 0 Å². The van der Waals surface area contributed by atoms with Crippen LogP contribution in [0.4, 0.5) is 4.79 Å². The Morgan fingerprint density at radius 1 is 1.33 bits per heavy atom. The van der Waals surface area contributed by atoms with E-state index in [-0.39, 0.29) is 18.8 Å². The number of imide groups is 1. The quantitative estimate of drug-likeness (QED) is 0.713. The monoisotopic (exact) mass is 332 g/mol. The molecular weight excluding hydrogens is 316 g/mol. The van der Waals surface area contributed by atoms with Crippen LogP contribution in [0.3, 0.4) is 0 Å². The summed E-state index contributed by atoms with van der Waals surface area (Å²) in [5.74, 6) is -1.77. The van der Waals surface area contributed by atoms with Crippen molar-refractivity contribution >= 4 is 40.8 Å². The molecule has 0 aliphatic heterocycles. The van der Waals surface area contributed by atoms with E-state index in [9.17, 15) is 14.4 Å². The van der Waals surface area contributed by atoms with Crippen LogP contribution in [0.15, 0.2) is 12.1 Å². The number of halogens is 1. The van der Waals surface area contributed by atoms with Crippen LogP contribution in [0.1, 0.15) is 24.6 Å². The Kier molecular flexibility index (Phi) is 7.18. The van der Waals surface area contributed by atoms with Gasteiger partial charge in [0.05, 0.1) is 4.34 Å². The Bertz CT molecular complexity index is 518. The summed E-state index contributed by atoms with van der Waals surface area (Å²) in [7, 11) is 0. The molecule has 1 heterocycles. The number of amides is 3. The summed E-state index contributed by atoms with van der Waals surface area (Å²) in [4.78, 5) is 34.5. The maximum atomic E-state index is 11.5. The van der Waals surface area contributed by atoms with Crippen LogP contribution in [0.2, 0.25) is 4.34 Å². The molecule has 1 atom stereocenters. The number of carboxylic acids is 1. The van der Waals surface area contributed by atoms with E-state index in [4.69, 9.17) is 16.7 Å². The first-order valence-electron chi connectivity index (χ1n) is 6.40. The third-order valence-corrected chi connectivity index (χ3v) is 3.89. The van der Waals surface area contributed by atoms with Crippen LogP contribution in [0.25, 0.3) is 0 Å². The molecule has 0 saturated heterocycles. The number of nitrogens with one attached hydrogen (secondary N) is 2. The maximum Gasteiger partial charge on any atom is 0.321 e. The van der Waals surface area contributed by atoms with Crippen molar-refractivity contribution in [3.8, 4) is 0 Å². The summed E-state index contributed by atoms with van der Waals surface area (Å²) in [5, 5.41) is 13.3. The normalized spacial score (nSPS) is 11.7. The summed E-state index contributed by atoms with van der Waals surface area (Å²) in [6, 6.07) is 3.09. The Labute approximate surface area is 131 Å². The molecular formula is C13H17ClN2O4S. The first kappa shape index (κ1) is 17.5. The van der Waals surface area contributed by atoms with Crippen molar-refractivity contribution < 1.29 is 19.5 Å². The van der Waals surface area contributed by atoms with E-state index in [0.29, 0.717) is 17.3 Å². The van der Waals surface area contributed by atoms with E-state index in [1.165, 1.54) is 11.3 Å². The number of rotatable bonds is 7. The third kappa shape index (κ3) is 7.67. The fourth-order valence-electron chi connectivity index (χ4n) is 1.69. The van der Waals surface area contributed by atoms with Gasteiger partial charge in [-0.1, -0.05) is 18.5 Å². The zero-order chi connectivity index (χ0) is 15.8. The van der Waals surface area contributed by atoms with Gasteiger partial charge in [-0.3, -0.25) is 14.9 Å². The van der Waals surface area contributed by atoms with Gasteiger partial charge >= 0.3 is 12.0 Å². The summed E-state index contributed by atoms with van der Waals surface area (Å²) in [6.07, 6.45) is 0.531. The van der Waals surface area contributed by atoms with Gasteiger partial charge in [-0.15, -0.1) is 11.3 Å². The molecule has 0 radical (unpaired) electrons. The molecule has 3 amide bonds. The molecule has 116 valence electrons. The van der Waals surface area contributed by atoms with Crippen LogP contribution >= 0.6 is 22.9 Å². The highest BCUT2D eigenvalue weighted by molar-refractivity contribution is 7.16. The maximum absolute atomic E-state index is 11.5. The first-order chi connectivity index (χ1) is 9.86. The Morgan fingerprint density at radius 3 is 2.62 bits per heavy atom. The summed E-state index contributed by atoms with van der Waals surface area (Å²) in [6.45, 7) is 2.03. The highest BCUT2D eigenvalue weighted by Gasteiger charge is 2.14. The van der Waals surface area contributed by atoms with Crippen molar-refractivity contribution in [2.45, 2.75) is 26.2 Å². The number of carboxylic acid groups (broad SMARTS) is 1. The van der Waals surface area contributed by atoms with E-state index in [1.807, 2.05) is 6.07 Å². The van der Waals surface area contributed by atoms with E-state index < -0.39 is 17.9 Å². The standard InChI is InChI=1S/C13H17ClN2O4S/c1-8(7-12(18)19)6-11(17)16-13(20)15-5-4-9-2-3-10(14)21-9/h2-3,8H,4-7H2,1H3,(H,18,19)(H2,15,16,17,20). The van der Waals surface area contributed by atoms with Gasteiger partial charge in [0.15, 0.2) is 0 Å². The summed E-state index contributed by atoms with van der Waals surface area (Å²) >= 11 is 7.23. The largest absolute Gasteiger partial charge is 0.481 e. The predicted molar refractivity (Wildman–Crippen MR) is 80.6 cm³/mol. The number of aliphatic carboxylic acids is 1. The molecule has 1 rings (SSSR count). The minimum Gasteiger partial charge on any atom is -0.481 e. The number of urea groups is 1. The summed E-state index contributed by atoms with van der Waals surface area (Å²) < 4.78 is 0.692. The highest BCUT2D eigenvalue weighted by atomic mass is 35.5. The van der Waals surface area contributed by atoms with Crippen LogP contribution in [-0.2, 0) is 16.0 Å². The van der Waals surface area contributed by atoms with Crippen LogP contribution < -0.4 is 10.6 Å². The zero-order valence-corrected chi connectivity index (χ0v) is 13.1. The van der Waals surface area contributed by atoms with Crippen molar-refractivity contribution in [2.24, 2.45) is 5.92 Å². The molecule has 3 N–H and O–H groups in total. The van der Waals surface area contributed by atoms with Gasteiger partial charge in [0.25, 0.3) is 0 Å². The van der Waals surface area contributed by atoms with E-state index in [1.54, 1.807) is 13.0 Å². The lowest BCUT2D eigenvalue weighted by Crippen LogP contribution is -2.40. The molecule has 6 nitrogen and oxygen atoms in total. The Hall–Kier alpha value is -1.60. The van der Waals surface area contributed by atoms with Crippen molar-refractivity contribution in [1.82, 2.24) is 10.6 Å². The van der Waals surface area contributed by atoms with Gasteiger partial charge in [0, 0.05) is 24.3 Å². The fraction of sp³-hybridized carbons (Fsp3) is 0.462. The van der Waals surface area contributed by atoms with Gasteiger partial charge in [0.2, 0.25) is 5.91 Å². The second-order valence-electron chi connectivity index (χ2n) is 4.67. The zero-order valence-electron chi connectivity index (χ0n) is 11.5. The average Bonchev–Trinajstić information content (AvgIpc) is 2.73. The van der Waals surface area contributed by atoms with Crippen molar-refractivity contribution in [3.63, 3.8) is 0 Å². The van der Waals surface area contributed by atoms with Gasteiger partial charge in [-0.05, 0) is 24.5 Å². The lowest BCUT2D eigenvalue weighted by Gasteiger charge is -2.09. The second-order valence-corrected chi connectivity index (χ2v) is 6.47. The molecule has 0 aliphatic carbocycles. The molecule has 1 unspecified atom stereocenters. The SMILES string of the molecule is CC(CC(=O)O)CC(=O)NC(=O)NCCc1ccc(Cl)s1. The predicted octanol–water partition coefficient (Wildman–Crippen LogP) is 2.27. The van der Waals surface area contributed by atoms with E-state index in [0.717, 1.165) is 4.88 Å². The van der Waals surface area contributed by atoms with Gasteiger partial charge in [-0.2, -0.15) is 0 Å². The molecule has 8 heteroatoms. The minimum atomic E-state index is -0.964. The Balaban J connectivity index is 2.20. The van der Waals surface area contributed by atoms with Crippen molar-refractivity contribution in [1.29, 1.82) is 0 Å². The molecule has 1 aromatic rings. The number of hydrogen-bond acceptors (Lipinski definition) is 4. The topological polar surface area (TPSA) is 95.5 Å². The third-order valence-electron chi connectivity index (χ3n) is 2.60. The molecule has 0 spiro atoms. The first-order valence-corrected chi connectivity index (χ1v) is 7.60. The minimum absolute atomic E-state index is 0.000251.